The van der Waals surface area contributed by atoms with Gasteiger partial charge in [-0.25, -0.2) is 9.18 Å². The molecule has 6 rings (SSSR count). The summed E-state index contributed by atoms with van der Waals surface area (Å²) >= 11 is 0. The van der Waals surface area contributed by atoms with Crippen molar-refractivity contribution in [3.63, 3.8) is 0 Å². The summed E-state index contributed by atoms with van der Waals surface area (Å²) in [6, 6.07) is 16.4. The minimum absolute atomic E-state index is 0.353. The molecule has 2 N–H and O–H groups in total. The first-order chi connectivity index (χ1) is 23.1. The third-order valence-corrected chi connectivity index (χ3v) is 9.57. The number of halogens is 7. The van der Waals surface area contributed by atoms with E-state index < -0.39 is 74.3 Å². The third-order valence-electron chi connectivity index (χ3n) is 9.57. The number of fused-ring (bicyclic) bond motifs is 2. The molecule has 1 aromatic heterocycles. The Morgan fingerprint density at radius 3 is 2.10 bits per heavy atom. The van der Waals surface area contributed by atoms with Gasteiger partial charge in [-0.05, 0) is 53.2 Å². The molecule has 0 spiro atoms. The van der Waals surface area contributed by atoms with Crippen LogP contribution in [0.2, 0.25) is 0 Å². The first-order valence-corrected chi connectivity index (χ1v) is 15.8. The smallest absolute Gasteiger partial charge is 0.403 e. The number of carbonyl (C=O) groups is 2. The van der Waals surface area contributed by atoms with Crippen molar-refractivity contribution in [1.82, 2.24) is 20.1 Å². The molecule has 3 aromatic carbocycles. The average Bonchev–Trinajstić information content (AvgIpc) is 3.02. The van der Waals surface area contributed by atoms with Crippen molar-refractivity contribution in [2.45, 2.75) is 50.4 Å². The summed E-state index contributed by atoms with van der Waals surface area (Å²) in [6.45, 7) is -1.40. The maximum absolute atomic E-state index is 14.4. The number of carboxylic acid groups (broad SMARTS) is 1. The van der Waals surface area contributed by atoms with Gasteiger partial charge < -0.3 is 10.4 Å². The van der Waals surface area contributed by atoms with E-state index in [1.807, 2.05) is 41.3 Å². The van der Waals surface area contributed by atoms with E-state index in [1.54, 1.807) is 30.5 Å². The summed E-state index contributed by atoms with van der Waals surface area (Å²) in [4.78, 5) is 33.2. The van der Waals surface area contributed by atoms with Crippen LogP contribution in [-0.4, -0.2) is 89.1 Å². The summed E-state index contributed by atoms with van der Waals surface area (Å²) in [5.74, 6) is -3.13. The SMILES string of the molecule is O=C(O)[C@H](Cc1cccc2c(-c3ncc(CN4CC(F)C4)c4ccccc34)cccc12)NC(=O)C1(C(F)(F)F)CCN(CC(F)(F)F)CC1. The number of nitrogens with one attached hydrogen (secondary N) is 1. The predicted octanol–water partition coefficient (Wildman–Crippen LogP) is 6.53. The minimum atomic E-state index is -5.12. The summed E-state index contributed by atoms with van der Waals surface area (Å²) < 4.78 is 95.1. The minimum Gasteiger partial charge on any atom is -0.480 e. The lowest BCUT2D eigenvalue weighted by atomic mass is 9.76. The molecule has 0 aliphatic carbocycles. The molecule has 1 atom stereocenters. The largest absolute Gasteiger partial charge is 0.480 e. The van der Waals surface area contributed by atoms with Gasteiger partial charge in [0.2, 0.25) is 5.91 Å². The third kappa shape index (κ3) is 7.07. The number of piperidine rings is 1. The Balaban J connectivity index is 1.28. The van der Waals surface area contributed by atoms with Crippen LogP contribution in [0.25, 0.3) is 32.8 Å². The number of amides is 1. The van der Waals surface area contributed by atoms with Gasteiger partial charge >= 0.3 is 18.3 Å². The summed E-state index contributed by atoms with van der Waals surface area (Å²) in [7, 11) is 0. The van der Waals surface area contributed by atoms with E-state index in [4.69, 9.17) is 4.98 Å². The topological polar surface area (TPSA) is 85.8 Å². The number of hydrogen-bond acceptors (Lipinski definition) is 5. The lowest BCUT2D eigenvalue weighted by Crippen LogP contribution is -2.59. The van der Waals surface area contributed by atoms with Crippen LogP contribution in [0.15, 0.2) is 66.9 Å². The Morgan fingerprint density at radius 1 is 0.857 bits per heavy atom. The van der Waals surface area contributed by atoms with Crippen molar-refractivity contribution in [3.05, 3.63) is 78.0 Å². The molecule has 1 amide bonds. The Bertz CT molecular complexity index is 1870. The number of hydrogen-bond donors (Lipinski definition) is 2. The van der Waals surface area contributed by atoms with E-state index in [0.29, 0.717) is 41.7 Å². The zero-order chi connectivity index (χ0) is 35.1. The van der Waals surface area contributed by atoms with Crippen LogP contribution in [-0.2, 0) is 22.6 Å². The highest BCUT2D eigenvalue weighted by Crippen LogP contribution is 2.47. The van der Waals surface area contributed by atoms with Crippen molar-refractivity contribution < 1.29 is 45.4 Å². The molecule has 2 fully saturated rings. The second-order valence-electron chi connectivity index (χ2n) is 12.8. The van der Waals surface area contributed by atoms with Gasteiger partial charge in [0.1, 0.15) is 17.6 Å². The molecule has 2 aliphatic heterocycles. The number of alkyl halides is 7. The van der Waals surface area contributed by atoms with E-state index in [9.17, 15) is 45.4 Å². The number of nitrogens with zero attached hydrogens (tertiary/aromatic N) is 3. The molecular formula is C35H33F7N4O3. The Morgan fingerprint density at radius 2 is 1.47 bits per heavy atom. The number of aromatic nitrogens is 1. The highest BCUT2D eigenvalue weighted by molar-refractivity contribution is 6.05. The van der Waals surface area contributed by atoms with Crippen LogP contribution >= 0.6 is 0 Å². The standard InChI is InChI=1S/C35H33F7N4O3/c36-23-18-46(19-23)17-22-16-43-30(27-7-2-1-6-25(22)27)28-10-4-8-24-21(5-3-9-26(24)28)15-29(31(47)48)44-32(49)33(35(40,41)42)11-13-45(14-12-33)20-34(37,38)39/h1-10,16,23,29H,11-15,17-20H2,(H,44,49)(H,47,48)/t29-/m0/s1. The van der Waals surface area contributed by atoms with Crippen molar-refractivity contribution >= 4 is 33.4 Å². The summed E-state index contributed by atoms with van der Waals surface area (Å²) in [6.07, 6.45) is -11.0. The van der Waals surface area contributed by atoms with Gasteiger partial charge in [0, 0.05) is 43.2 Å². The Hall–Kier alpha value is -4.30. The number of likely N-dealkylation sites (tertiary alicyclic amines) is 2. The molecule has 260 valence electrons. The van der Waals surface area contributed by atoms with Crippen LogP contribution in [0.3, 0.4) is 0 Å². The second-order valence-corrected chi connectivity index (χ2v) is 12.8. The summed E-state index contributed by atoms with van der Waals surface area (Å²) in [5.41, 5.74) is -0.257. The molecule has 14 heteroatoms. The van der Waals surface area contributed by atoms with Gasteiger partial charge in [0.15, 0.2) is 0 Å². The fourth-order valence-corrected chi connectivity index (χ4v) is 6.93. The zero-order valence-corrected chi connectivity index (χ0v) is 26.1. The van der Waals surface area contributed by atoms with E-state index >= 15 is 0 Å². The van der Waals surface area contributed by atoms with Gasteiger partial charge in [-0.1, -0.05) is 60.7 Å². The molecule has 2 saturated heterocycles. The van der Waals surface area contributed by atoms with Crippen molar-refractivity contribution in [2.24, 2.45) is 5.41 Å². The normalized spacial score (nSPS) is 18.3. The average molecular weight is 691 g/mol. The zero-order valence-electron chi connectivity index (χ0n) is 26.1. The Kier molecular flexibility index (Phi) is 9.31. The second kappa shape index (κ2) is 13.2. The van der Waals surface area contributed by atoms with Crippen LogP contribution in [0.1, 0.15) is 24.0 Å². The van der Waals surface area contributed by atoms with Crippen LogP contribution in [0.5, 0.6) is 0 Å². The highest BCUT2D eigenvalue weighted by Gasteiger charge is 2.61. The number of carbonyl (C=O) groups excluding carboxylic acids is 1. The van der Waals surface area contributed by atoms with E-state index in [-0.39, 0.29) is 6.42 Å². The van der Waals surface area contributed by atoms with Crippen LogP contribution in [0.4, 0.5) is 30.7 Å². The molecule has 3 heterocycles. The maximum Gasteiger partial charge on any atom is 0.403 e. The fraction of sp³-hybridized carbons (Fsp3) is 0.400. The van der Waals surface area contributed by atoms with Gasteiger partial charge in [-0.15, -0.1) is 0 Å². The molecule has 0 bridgehead atoms. The number of pyridine rings is 1. The van der Waals surface area contributed by atoms with E-state index in [1.165, 1.54) is 0 Å². The van der Waals surface area contributed by atoms with Gasteiger partial charge in [0.05, 0.1) is 12.2 Å². The molecule has 49 heavy (non-hydrogen) atoms. The van der Waals surface area contributed by atoms with Gasteiger partial charge in [-0.3, -0.25) is 19.6 Å². The lowest BCUT2D eigenvalue weighted by Gasteiger charge is -2.42. The molecule has 2 aliphatic rings. The molecule has 7 nitrogen and oxygen atoms in total. The van der Waals surface area contributed by atoms with Crippen LogP contribution < -0.4 is 5.32 Å². The first-order valence-electron chi connectivity index (χ1n) is 15.8. The van der Waals surface area contributed by atoms with Crippen molar-refractivity contribution in [2.75, 3.05) is 32.7 Å². The lowest BCUT2D eigenvalue weighted by molar-refractivity contribution is -0.236. The van der Waals surface area contributed by atoms with Gasteiger partial charge in [-0.2, -0.15) is 26.3 Å². The monoisotopic (exact) mass is 690 g/mol. The first kappa shape index (κ1) is 34.6. The van der Waals surface area contributed by atoms with E-state index in [2.05, 4.69) is 5.32 Å². The van der Waals surface area contributed by atoms with Crippen molar-refractivity contribution in [3.8, 4) is 11.3 Å². The molecule has 0 saturated carbocycles. The number of rotatable bonds is 9. The molecule has 0 unspecified atom stereocenters. The van der Waals surface area contributed by atoms with E-state index in [0.717, 1.165) is 26.8 Å². The highest BCUT2D eigenvalue weighted by atomic mass is 19.4. The maximum atomic E-state index is 14.4. The molecule has 0 radical (unpaired) electrons. The number of carboxylic acids is 1. The number of benzene rings is 3. The Labute approximate surface area is 276 Å². The summed E-state index contributed by atoms with van der Waals surface area (Å²) in [5, 5.41) is 15.2. The fourth-order valence-electron chi connectivity index (χ4n) is 6.93. The molecular weight excluding hydrogens is 657 g/mol. The van der Waals surface area contributed by atoms with Crippen LogP contribution in [0, 0.1) is 5.41 Å². The quantitative estimate of drug-likeness (QED) is 0.195. The van der Waals surface area contributed by atoms with Crippen molar-refractivity contribution in [1.29, 1.82) is 0 Å². The predicted molar refractivity (Wildman–Crippen MR) is 168 cm³/mol. The molecule has 4 aromatic rings. The van der Waals surface area contributed by atoms with Gasteiger partial charge in [0.25, 0.3) is 0 Å². The number of aliphatic carboxylic acids is 1.